The summed E-state index contributed by atoms with van der Waals surface area (Å²) in [5.41, 5.74) is 3.39. The topological polar surface area (TPSA) is 81.7 Å². The molecule has 0 bridgehead atoms. The van der Waals surface area contributed by atoms with Gasteiger partial charge in [0.05, 0.1) is 11.4 Å². The molecule has 38 heavy (non-hydrogen) atoms. The Kier molecular flexibility index (Phi) is 7.72. The zero-order chi connectivity index (χ0) is 26.7. The first-order valence-electron chi connectivity index (χ1n) is 12.2. The lowest BCUT2D eigenvalue weighted by molar-refractivity contribution is -0.136. The van der Waals surface area contributed by atoms with Crippen molar-refractivity contribution in [2.45, 2.75) is 31.3 Å². The summed E-state index contributed by atoms with van der Waals surface area (Å²) in [6, 6.07) is 20.8. The first-order chi connectivity index (χ1) is 18.4. The number of amides is 3. The van der Waals surface area contributed by atoms with Crippen molar-refractivity contribution < 1.29 is 14.7 Å². The number of carbonyl (C=O) groups excluding carboxylic acids is 2. The fourth-order valence-corrected chi connectivity index (χ4v) is 5.90. The van der Waals surface area contributed by atoms with Crippen LogP contribution in [0.4, 0.5) is 16.2 Å². The van der Waals surface area contributed by atoms with Gasteiger partial charge in [-0.15, -0.1) is 11.3 Å². The molecule has 0 aliphatic heterocycles. The maximum absolute atomic E-state index is 13.9. The third-order valence-electron chi connectivity index (χ3n) is 6.59. The molecule has 9 heteroatoms. The van der Waals surface area contributed by atoms with Crippen molar-refractivity contribution >= 4 is 57.9 Å². The number of thiophene rings is 1. The summed E-state index contributed by atoms with van der Waals surface area (Å²) in [6.07, 6.45) is 4.12. The van der Waals surface area contributed by atoms with Crippen LogP contribution in [0.15, 0.2) is 84.2 Å². The van der Waals surface area contributed by atoms with E-state index >= 15 is 0 Å². The SMILES string of the molecule is O=C(Nc1csc2c1CCCC2)N(NC(=O)C(O)(c1ccc(Cl)cc1)c1ccc(Cl)cc1)c1ccccc1. The van der Waals surface area contributed by atoms with Crippen LogP contribution in [0, 0.1) is 0 Å². The lowest BCUT2D eigenvalue weighted by atomic mass is 9.85. The van der Waals surface area contributed by atoms with Gasteiger partial charge in [-0.3, -0.25) is 10.2 Å². The molecule has 0 saturated heterocycles. The number of anilines is 2. The van der Waals surface area contributed by atoms with E-state index in [0.717, 1.165) is 41.9 Å². The van der Waals surface area contributed by atoms with Crippen molar-refractivity contribution in [1.29, 1.82) is 0 Å². The second kappa shape index (κ2) is 11.2. The predicted octanol–water partition coefficient (Wildman–Crippen LogP) is 6.94. The van der Waals surface area contributed by atoms with Crippen LogP contribution in [0.5, 0.6) is 0 Å². The van der Waals surface area contributed by atoms with Crippen LogP contribution in [0.3, 0.4) is 0 Å². The van der Waals surface area contributed by atoms with Crippen molar-refractivity contribution in [3.63, 3.8) is 0 Å². The average molecular weight is 567 g/mol. The third-order valence-corrected chi connectivity index (χ3v) is 8.18. The number of hydrazine groups is 1. The molecular formula is C29H25Cl2N3O3S. The molecule has 0 radical (unpaired) electrons. The maximum atomic E-state index is 13.9. The molecule has 3 N–H and O–H groups in total. The number of nitrogens with one attached hydrogen (secondary N) is 2. The number of nitrogens with zero attached hydrogens (tertiary/aromatic N) is 1. The van der Waals surface area contributed by atoms with E-state index in [1.165, 1.54) is 4.88 Å². The lowest BCUT2D eigenvalue weighted by Crippen LogP contribution is -2.55. The number of halogens is 2. The average Bonchev–Trinajstić information content (AvgIpc) is 3.35. The lowest BCUT2D eigenvalue weighted by Gasteiger charge is -2.32. The van der Waals surface area contributed by atoms with Gasteiger partial charge < -0.3 is 10.4 Å². The number of fused-ring (bicyclic) bond motifs is 1. The van der Waals surface area contributed by atoms with Gasteiger partial charge in [0.2, 0.25) is 0 Å². The Labute approximate surface area is 234 Å². The molecule has 0 atom stereocenters. The molecular weight excluding hydrogens is 541 g/mol. The normalized spacial score (nSPS) is 12.9. The van der Waals surface area contributed by atoms with Crippen LogP contribution in [-0.2, 0) is 23.2 Å². The molecule has 1 aliphatic rings. The van der Waals surface area contributed by atoms with Gasteiger partial charge in [-0.2, -0.15) is 0 Å². The zero-order valence-corrected chi connectivity index (χ0v) is 22.6. The predicted molar refractivity (Wildman–Crippen MR) is 153 cm³/mol. The minimum atomic E-state index is -2.15. The number of hydrogen-bond donors (Lipinski definition) is 3. The van der Waals surface area contributed by atoms with Crippen molar-refractivity contribution in [2.24, 2.45) is 0 Å². The van der Waals surface area contributed by atoms with Crippen LogP contribution in [0.25, 0.3) is 0 Å². The highest BCUT2D eigenvalue weighted by molar-refractivity contribution is 7.10. The van der Waals surface area contributed by atoms with Crippen molar-refractivity contribution in [2.75, 3.05) is 10.3 Å². The first-order valence-corrected chi connectivity index (χ1v) is 13.8. The standard InChI is InChI=1S/C29H25Cl2N3O3S/c30-21-14-10-19(11-15-21)29(37,20-12-16-22(31)17-13-20)27(35)33-34(23-6-2-1-3-7-23)28(36)32-25-18-38-26-9-5-4-8-24(25)26/h1-3,6-7,10-18,37H,4-5,8-9H2,(H,32,36)(H,33,35). The Hall–Kier alpha value is -3.36. The monoisotopic (exact) mass is 565 g/mol. The van der Waals surface area contributed by atoms with Crippen LogP contribution in [0.2, 0.25) is 10.0 Å². The fourth-order valence-electron chi connectivity index (χ4n) is 4.57. The summed E-state index contributed by atoms with van der Waals surface area (Å²) in [5, 5.41) is 18.9. The zero-order valence-electron chi connectivity index (χ0n) is 20.3. The number of para-hydroxylation sites is 1. The molecule has 0 unspecified atom stereocenters. The van der Waals surface area contributed by atoms with Gasteiger partial charge in [-0.05, 0) is 78.8 Å². The maximum Gasteiger partial charge on any atom is 0.345 e. The third kappa shape index (κ3) is 5.28. The van der Waals surface area contributed by atoms with Gasteiger partial charge in [0.1, 0.15) is 0 Å². The van der Waals surface area contributed by atoms with Crippen LogP contribution >= 0.6 is 34.5 Å². The quantitative estimate of drug-likeness (QED) is 0.229. The molecule has 194 valence electrons. The highest BCUT2D eigenvalue weighted by Gasteiger charge is 2.41. The molecule has 1 aliphatic carbocycles. The van der Waals surface area contributed by atoms with Gasteiger partial charge in [0.15, 0.2) is 5.60 Å². The van der Waals surface area contributed by atoms with Crippen molar-refractivity contribution in [3.8, 4) is 0 Å². The molecule has 4 aromatic rings. The number of rotatable bonds is 5. The van der Waals surface area contributed by atoms with Gasteiger partial charge in [-0.25, -0.2) is 9.80 Å². The number of benzene rings is 3. The van der Waals surface area contributed by atoms with E-state index in [9.17, 15) is 14.7 Å². The van der Waals surface area contributed by atoms with Gasteiger partial charge >= 0.3 is 6.03 Å². The van der Waals surface area contributed by atoms with Crippen LogP contribution in [-0.4, -0.2) is 17.0 Å². The van der Waals surface area contributed by atoms with Crippen molar-refractivity contribution in [3.05, 3.63) is 116 Å². The van der Waals surface area contributed by atoms with E-state index < -0.39 is 17.5 Å². The summed E-state index contributed by atoms with van der Waals surface area (Å²) in [6.45, 7) is 0. The summed E-state index contributed by atoms with van der Waals surface area (Å²) in [5.74, 6) is -0.825. The van der Waals surface area contributed by atoms with E-state index in [4.69, 9.17) is 23.2 Å². The largest absolute Gasteiger partial charge is 0.372 e. The molecule has 1 aromatic heterocycles. The fraction of sp³-hybridized carbons (Fsp3) is 0.172. The molecule has 0 fully saturated rings. The molecule has 5 rings (SSSR count). The molecule has 3 amide bonds. The first kappa shape index (κ1) is 26.3. The van der Waals surface area contributed by atoms with E-state index in [1.807, 2.05) is 11.4 Å². The number of aliphatic hydroxyl groups is 1. The smallest absolute Gasteiger partial charge is 0.345 e. The number of carbonyl (C=O) groups is 2. The highest BCUT2D eigenvalue weighted by atomic mass is 35.5. The number of urea groups is 1. The number of aryl methyl sites for hydroxylation is 1. The van der Waals surface area contributed by atoms with Crippen LogP contribution in [0.1, 0.15) is 34.4 Å². The van der Waals surface area contributed by atoms with Crippen molar-refractivity contribution in [1.82, 2.24) is 5.43 Å². The van der Waals surface area contributed by atoms with E-state index in [-0.39, 0.29) is 11.1 Å². The highest BCUT2D eigenvalue weighted by Crippen LogP contribution is 2.35. The van der Waals surface area contributed by atoms with E-state index in [1.54, 1.807) is 84.1 Å². The minimum absolute atomic E-state index is 0.280. The molecule has 1 heterocycles. The Morgan fingerprint density at radius 2 is 1.42 bits per heavy atom. The number of hydrogen-bond acceptors (Lipinski definition) is 4. The molecule has 3 aromatic carbocycles. The van der Waals surface area contributed by atoms with E-state index in [2.05, 4.69) is 10.7 Å². The Morgan fingerprint density at radius 3 is 2.03 bits per heavy atom. The summed E-state index contributed by atoms with van der Waals surface area (Å²) in [7, 11) is 0. The van der Waals surface area contributed by atoms with E-state index in [0.29, 0.717) is 15.7 Å². The Morgan fingerprint density at radius 1 is 0.842 bits per heavy atom. The van der Waals surface area contributed by atoms with Gasteiger partial charge in [-0.1, -0.05) is 65.7 Å². The Balaban J connectivity index is 1.50. The second-order valence-corrected chi connectivity index (χ2v) is 10.9. The second-order valence-electron chi connectivity index (χ2n) is 9.02. The summed E-state index contributed by atoms with van der Waals surface area (Å²) < 4.78 is 0. The molecule has 0 saturated carbocycles. The Bertz CT molecular complexity index is 1390. The minimum Gasteiger partial charge on any atom is -0.372 e. The summed E-state index contributed by atoms with van der Waals surface area (Å²) in [4.78, 5) is 28.8. The molecule has 6 nitrogen and oxygen atoms in total. The summed E-state index contributed by atoms with van der Waals surface area (Å²) >= 11 is 13.8. The molecule has 0 spiro atoms. The van der Waals surface area contributed by atoms with Gasteiger partial charge in [0.25, 0.3) is 5.91 Å². The van der Waals surface area contributed by atoms with Crippen LogP contribution < -0.4 is 15.8 Å². The van der Waals surface area contributed by atoms with Gasteiger partial charge in [0, 0.05) is 20.3 Å².